The summed E-state index contributed by atoms with van der Waals surface area (Å²) in [6.45, 7) is 2.72. The van der Waals surface area contributed by atoms with Gasteiger partial charge in [0.2, 0.25) is 0 Å². The highest BCUT2D eigenvalue weighted by molar-refractivity contribution is 7.09. The molecule has 0 saturated heterocycles. The van der Waals surface area contributed by atoms with Crippen molar-refractivity contribution in [3.05, 3.63) is 50.9 Å². The molecule has 1 fully saturated rings. The average Bonchev–Trinajstić information content (AvgIpc) is 3.27. The zero-order valence-corrected chi connectivity index (χ0v) is 14.4. The maximum atomic E-state index is 5.92. The van der Waals surface area contributed by atoms with Gasteiger partial charge >= 0.3 is 0 Å². The number of aromatic nitrogens is 1. The lowest BCUT2D eigenvalue weighted by molar-refractivity contribution is 0.139. The summed E-state index contributed by atoms with van der Waals surface area (Å²) in [5, 5.41) is 4.13. The van der Waals surface area contributed by atoms with Gasteiger partial charge < -0.3 is 4.74 Å². The minimum Gasteiger partial charge on any atom is -0.383 e. The number of ether oxygens (including phenoxy) is 1. The SMILES string of the molecule is COCCN(Cc1csc(Cc2ccc(Cl)cc2)n1)C1CC1. The van der Waals surface area contributed by atoms with Crippen LogP contribution in [0.5, 0.6) is 0 Å². The highest BCUT2D eigenvalue weighted by Crippen LogP contribution is 2.28. The second-order valence-electron chi connectivity index (χ2n) is 5.73. The Bertz CT molecular complexity index is 595. The Balaban J connectivity index is 1.59. The third-order valence-electron chi connectivity index (χ3n) is 3.88. The van der Waals surface area contributed by atoms with E-state index in [1.165, 1.54) is 29.1 Å². The van der Waals surface area contributed by atoms with Crippen molar-refractivity contribution in [3.8, 4) is 0 Å². The van der Waals surface area contributed by atoms with E-state index in [0.29, 0.717) is 0 Å². The predicted molar refractivity (Wildman–Crippen MR) is 91.7 cm³/mol. The zero-order valence-electron chi connectivity index (χ0n) is 12.8. The fourth-order valence-electron chi connectivity index (χ4n) is 2.53. The van der Waals surface area contributed by atoms with Gasteiger partial charge in [0.25, 0.3) is 0 Å². The first-order chi connectivity index (χ1) is 10.7. The highest BCUT2D eigenvalue weighted by Gasteiger charge is 2.29. The van der Waals surface area contributed by atoms with E-state index in [4.69, 9.17) is 21.3 Å². The third-order valence-corrected chi connectivity index (χ3v) is 5.03. The van der Waals surface area contributed by atoms with Crippen molar-refractivity contribution < 1.29 is 4.74 Å². The molecule has 22 heavy (non-hydrogen) atoms. The Labute approximate surface area is 140 Å². The van der Waals surface area contributed by atoms with Crippen molar-refractivity contribution in [1.29, 1.82) is 0 Å². The Kier molecular flexibility index (Phi) is 5.47. The number of thiazole rings is 1. The first kappa shape index (κ1) is 15.9. The summed E-state index contributed by atoms with van der Waals surface area (Å²) in [6, 6.07) is 8.74. The van der Waals surface area contributed by atoms with Crippen LogP contribution in [0.1, 0.15) is 29.1 Å². The van der Waals surface area contributed by atoms with E-state index in [1.54, 1.807) is 18.4 Å². The molecule has 3 rings (SSSR count). The molecule has 1 aromatic carbocycles. The van der Waals surface area contributed by atoms with Crippen LogP contribution < -0.4 is 0 Å². The largest absolute Gasteiger partial charge is 0.383 e. The molecule has 0 spiro atoms. The molecule has 5 heteroatoms. The summed E-state index contributed by atoms with van der Waals surface area (Å²) in [7, 11) is 1.76. The van der Waals surface area contributed by atoms with Crippen LogP contribution in [0.4, 0.5) is 0 Å². The summed E-state index contributed by atoms with van der Waals surface area (Å²) in [5.41, 5.74) is 2.43. The Morgan fingerprint density at radius 2 is 2.09 bits per heavy atom. The second kappa shape index (κ2) is 7.55. The molecular formula is C17H21ClN2OS. The van der Waals surface area contributed by atoms with Gasteiger partial charge in [-0.15, -0.1) is 11.3 Å². The molecule has 1 aliphatic carbocycles. The van der Waals surface area contributed by atoms with Gasteiger partial charge in [0.05, 0.1) is 17.3 Å². The number of halogens is 1. The summed E-state index contributed by atoms with van der Waals surface area (Å²) in [4.78, 5) is 7.28. The number of benzene rings is 1. The highest BCUT2D eigenvalue weighted by atomic mass is 35.5. The number of hydrogen-bond donors (Lipinski definition) is 0. The van der Waals surface area contributed by atoms with E-state index in [0.717, 1.165) is 37.2 Å². The van der Waals surface area contributed by atoms with Crippen LogP contribution >= 0.6 is 22.9 Å². The fraction of sp³-hybridized carbons (Fsp3) is 0.471. The van der Waals surface area contributed by atoms with Crippen molar-refractivity contribution in [3.63, 3.8) is 0 Å². The maximum Gasteiger partial charge on any atom is 0.0972 e. The molecule has 0 amide bonds. The van der Waals surface area contributed by atoms with Crippen LogP contribution in [0.15, 0.2) is 29.6 Å². The molecule has 3 nitrogen and oxygen atoms in total. The van der Waals surface area contributed by atoms with E-state index >= 15 is 0 Å². The molecule has 1 saturated carbocycles. The van der Waals surface area contributed by atoms with E-state index in [-0.39, 0.29) is 0 Å². The molecule has 0 atom stereocenters. The minimum atomic E-state index is 0.733. The summed E-state index contributed by atoms with van der Waals surface area (Å²) < 4.78 is 5.21. The topological polar surface area (TPSA) is 25.4 Å². The van der Waals surface area contributed by atoms with Gasteiger partial charge in [-0.05, 0) is 30.5 Å². The molecule has 1 aliphatic rings. The maximum absolute atomic E-state index is 5.92. The van der Waals surface area contributed by atoms with Gasteiger partial charge in [-0.25, -0.2) is 4.98 Å². The number of hydrogen-bond acceptors (Lipinski definition) is 4. The minimum absolute atomic E-state index is 0.733. The van der Waals surface area contributed by atoms with Crippen molar-refractivity contribution in [2.24, 2.45) is 0 Å². The van der Waals surface area contributed by atoms with Gasteiger partial charge in [0, 0.05) is 43.1 Å². The van der Waals surface area contributed by atoms with Crippen molar-refractivity contribution in [2.45, 2.75) is 31.8 Å². The lowest BCUT2D eigenvalue weighted by Crippen LogP contribution is -2.29. The molecule has 0 unspecified atom stereocenters. The van der Waals surface area contributed by atoms with E-state index < -0.39 is 0 Å². The Hall–Kier alpha value is -0.940. The number of methoxy groups -OCH3 is 1. The van der Waals surface area contributed by atoms with Crippen molar-refractivity contribution >= 4 is 22.9 Å². The first-order valence-corrected chi connectivity index (χ1v) is 8.91. The van der Waals surface area contributed by atoms with Crippen LogP contribution in [-0.2, 0) is 17.7 Å². The average molecular weight is 337 g/mol. The van der Waals surface area contributed by atoms with Gasteiger partial charge in [-0.1, -0.05) is 23.7 Å². The monoisotopic (exact) mass is 336 g/mol. The van der Waals surface area contributed by atoms with E-state index in [2.05, 4.69) is 22.4 Å². The Morgan fingerprint density at radius 1 is 1.32 bits per heavy atom. The van der Waals surface area contributed by atoms with Crippen molar-refractivity contribution in [2.75, 3.05) is 20.3 Å². The number of rotatable bonds is 8. The van der Waals surface area contributed by atoms with Crippen LogP contribution in [0.25, 0.3) is 0 Å². The lowest BCUT2D eigenvalue weighted by atomic mass is 10.2. The molecule has 0 aliphatic heterocycles. The molecule has 1 heterocycles. The van der Waals surface area contributed by atoms with Crippen LogP contribution in [-0.4, -0.2) is 36.2 Å². The third kappa shape index (κ3) is 4.53. The van der Waals surface area contributed by atoms with Crippen LogP contribution in [0.3, 0.4) is 0 Å². The van der Waals surface area contributed by atoms with Gasteiger partial charge in [0.15, 0.2) is 0 Å². The molecule has 2 aromatic rings. The smallest absolute Gasteiger partial charge is 0.0972 e. The first-order valence-electron chi connectivity index (χ1n) is 7.65. The summed E-state index contributed by atoms with van der Waals surface area (Å²) in [5.74, 6) is 0. The second-order valence-corrected chi connectivity index (χ2v) is 7.11. The standard InChI is InChI=1S/C17H21ClN2OS/c1-21-9-8-20(16-6-7-16)11-15-12-22-17(19-15)10-13-2-4-14(18)5-3-13/h2-5,12,16H,6-11H2,1H3. The normalized spacial score (nSPS) is 14.7. The lowest BCUT2D eigenvalue weighted by Gasteiger charge is -2.20. The Morgan fingerprint density at radius 3 is 2.77 bits per heavy atom. The summed E-state index contributed by atoms with van der Waals surface area (Å²) in [6.07, 6.45) is 3.50. The van der Waals surface area contributed by atoms with Crippen LogP contribution in [0.2, 0.25) is 5.02 Å². The van der Waals surface area contributed by atoms with Gasteiger partial charge in [-0.2, -0.15) is 0 Å². The van der Waals surface area contributed by atoms with Gasteiger partial charge in [0.1, 0.15) is 0 Å². The van der Waals surface area contributed by atoms with Gasteiger partial charge in [-0.3, -0.25) is 4.90 Å². The molecule has 1 aromatic heterocycles. The molecule has 0 N–H and O–H groups in total. The summed E-state index contributed by atoms with van der Waals surface area (Å²) >= 11 is 7.67. The van der Waals surface area contributed by atoms with Crippen molar-refractivity contribution in [1.82, 2.24) is 9.88 Å². The molecule has 118 valence electrons. The van der Waals surface area contributed by atoms with E-state index in [9.17, 15) is 0 Å². The molecule has 0 radical (unpaired) electrons. The van der Waals surface area contributed by atoms with Crippen LogP contribution in [0, 0.1) is 0 Å². The quantitative estimate of drug-likeness (QED) is 0.728. The molecule has 0 bridgehead atoms. The molecular weight excluding hydrogens is 316 g/mol. The zero-order chi connectivity index (χ0) is 15.4. The predicted octanol–water partition coefficient (Wildman–Crippen LogP) is 4.00. The number of nitrogens with zero attached hydrogens (tertiary/aromatic N) is 2. The fourth-order valence-corrected chi connectivity index (χ4v) is 3.47. The van der Waals surface area contributed by atoms with E-state index in [1.807, 2.05) is 12.1 Å².